The van der Waals surface area contributed by atoms with Crippen molar-refractivity contribution in [2.75, 3.05) is 0 Å². The second kappa shape index (κ2) is 6.17. The molecule has 0 aliphatic heterocycles. The van der Waals surface area contributed by atoms with E-state index in [9.17, 15) is 9.59 Å². The van der Waals surface area contributed by atoms with Crippen molar-refractivity contribution in [3.63, 3.8) is 0 Å². The van der Waals surface area contributed by atoms with Gasteiger partial charge in [-0.1, -0.05) is 17.7 Å². The molecule has 2 aromatic heterocycles. The summed E-state index contributed by atoms with van der Waals surface area (Å²) in [7, 11) is 0. The molecule has 2 aliphatic rings. The van der Waals surface area contributed by atoms with E-state index >= 15 is 0 Å². The van der Waals surface area contributed by atoms with E-state index < -0.39 is 5.91 Å². The number of nitrogens with one attached hydrogen (secondary N) is 1. The Labute approximate surface area is 166 Å². The van der Waals surface area contributed by atoms with Crippen LogP contribution in [0.3, 0.4) is 0 Å². The average Bonchev–Trinajstić information content (AvgIpc) is 3.27. The Morgan fingerprint density at radius 1 is 1.21 bits per heavy atom. The van der Waals surface area contributed by atoms with Crippen LogP contribution in [0.1, 0.15) is 46.8 Å². The molecule has 2 atom stereocenters. The van der Waals surface area contributed by atoms with Gasteiger partial charge in [-0.2, -0.15) is 0 Å². The molecule has 2 saturated carbocycles. The van der Waals surface area contributed by atoms with Crippen LogP contribution in [0.2, 0.25) is 5.02 Å². The topological polar surface area (TPSA) is 88.8 Å². The minimum absolute atomic E-state index is 0.0183. The summed E-state index contributed by atoms with van der Waals surface area (Å²) >= 11 is 6.66. The molecule has 2 unspecified atom stereocenters. The van der Waals surface area contributed by atoms with E-state index in [2.05, 4.69) is 16.0 Å². The minimum atomic E-state index is -0.720. The Balaban J connectivity index is 1.61. The van der Waals surface area contributed by atoms with Gasteiger partial charge in [-0.15, -0.1) is 0 Å². The molecule has 2 aliphatic carbocycles. The van der Waals surface area contributed by atoms with Crippen molar-refractivity contribution in [3.05, 3.63) is 62.5 Å². The molecule has 3 N–H and O–H groups in total. The first kappa shape index (κ1) is 17.4. The smallest absolute Gasteiger partial charge is 0.268 e. The number of aryl methyl sites for hydroxylation is 1. The number of hydrogen-bond acceptors (Lipinski definition) is 3. The van der Waals surface area contributed by atoms with E-state index in [-0.39, 0.29) is 16.5 Å². The Hall–Kier alpha value is -2.66. The predicted molar refractivity (Wildman–Crippen MR) is 110 cm³/mol. The van der Waals surface area contributed by atoms with Crippen molar-refractivity contribution in [2.45, 2.75) is 32.1 Å². The molecule has 5 nitrogen and oxygen atoms in total. The fourth-order valence-corrected chi connectivity index (χ4v) is 5.13. The molecule has 0 bridgehead atoms. The maximum absolute atomic E-state index is 12.7. The lowest BCUT2D eigenvalue weighted by Gasteiger charge is -2.17. The van der Waals surface area contributed by atoms with Gasteiger partial charge in [0.05, 0.1) is 16.6 Å². The summed E-state index contributed by atoms with van der Waals surface area (Å²) in [4.78, 5) is 31.5. The SMILES string of the molecule is Cc1cc(C2CC3CC3C2)c(Cl)cc1-c1cc(=O)c2c(C(N)=O)nccc2[nH]1. The van der Waals surface area contributed by atoms with E-state index in [1.54, 1.807) is 6.07 Å². The van der Waals surface area contributed by atoms with Gasteiger partial charge in [0.1, 0.15) is 5.69 Å². The summed E-state index contributed by atoms with van der Waals surface area (Å²) in [5, 5.41) is 0.963. The van der Waals surface area contributed by atoms with Gasteiger partial charge in [0.2, 0.25) is 0 Å². The zero-order valence-electron chi connectivity index (χ0n) is 15.5. The summed E-state index contributed by atoms with van der Waals surface area (Å²) in [6, 6.07) is 7.27. The number of carbonyl (C=O) groups excluding carboxylic acids is 1. The zero-order valence-corrected chi connectivity index (χ0v) is 16.2. The Morgan fingerprint density at radius 3 is 2.68 bits per heavy atom. The lowest BCUT2D eigenvalue weighted by atomic mass is 9.90. The molecule has 2 fully saturated rings. The third-order valence-electron chi connectivity index (χ3n) is 6.29. The molecule has 0 radical (unpaired) electrons. The van der Waals surface area contributed by atoms with Crippen LogP contribution in [-0.4, -0.2) is 15.9 Å². The molecule has 2 heterocycles. The number of H-pyrrole nitrogens is 1. The highest BCUT2D eigenvalue weighted by Gasteiger charge is 2.46. The third kappa shape index (κ3) is 2.73. The summed E-state index contributed by atoms with van der Waals surface area (Å²) in [6.45, 7) is 2.04. The van der Waals surface area contributed by atoms with Crippen LogP contribution in [0.5, 0.6) is 0 Å². The van der Waals surface area contributed by atoms with Crippen molar-refractivity contribution < 1.29 is 4.79 Å². The number of rotatable bonds is 3. The molecule has 142 valence electrons. The highest BCUT2D eigenvalue weighted by Crippen LogP contribution is 2.58. The number of pyridine rings is 2. The number of amides is 1. The van der Waals surface area contributed by atoms with Gasteiger partial charge < -0.3 is 10.7 Å². The monoisotopic (exact) mass is 393 g/mol. The quantitative estimate of drug-likeness (QED) is 0.700. The number of nitrogens with two attached hydrogens (primary N) is 1. The van der Waals surface area contributed by atoms with Gasteiger partial charge in [0.15, 0.2) is 5.43 Å². The summed E-state index contributed by atoms with van der Waals surface area (Å²) in [5.41, 5.74) is 9.42. The highest BCUT2D eigenvalue weighted by atomic mass is 35.5. The predicted octanol–water partition coefficient (Wildman–Crippen LogP) is 4.16. The molecule has 6 heteroatoms. The maximum atomic E-state index is 12.7. The van der Waals surface area contributed by atoms with Crippen molar-refractivity contribution in [3.8, 4) is 11.3 Å². The molecular weight excluding hydrogens is 374 g/mol. The minimum Gasteiger partial charge on any atom is -0.364 e. The van der Waals surface area contributed by atoms with Crippen LogP contribution < -0.4 is 11.2 Å². The molecule has 28 heavy (non-hydrogen) atoms. The standard InChI is InChI=1S/C22H20ClN3O2/c1-10-4-15(13-6-11-5-12(11)7-13)16(23)8-14(10)18-9-19(27)20-17(26-18)2-3-25-21(20)22(24)28/h2-4,8-9,11-13H,5-7H2,1H3,(H2,24,28)(H,26,27). The summed E-state index contributed by atoms with van der Waals surface area (Å²) in [5.74, 6) is 1.61. The van der Waals surface area contributed by atoms with E-state index in [1.807, 2.05) is 13.0 Å². The van der Waals surface area contributed by atoms with Crippen LogP contribution >= 0.6 is 11.6 Å². The molecule has 1 amide bonds. The Kier molecular flexibility index (Phi) is 3.85. The molecule has 1 aromatic carbocycles. The lowest BCUT2D eigenvalue weighted by molar-refractivity contribution is 0.0997. The van der Waals surface area contributed by atoms with E-state index in [0.717, 1.165) is 28.0 Å². The number of aromatic amines is 1. The van der Waals surface area contributed by atoms with Crippen LogP contribution in [0.4, 0.5) is 0 Å². The average molecular weight is 394 g/mol. The van der Waals surface area contributed by atoms with Crippen molar-refractivity contribution in [2.24, 2.45) is 17.6 Å². The normalized spacial score (nSPS) is 23.0. The first-order chi connectivity index (χ1) is 13.4. The van der Waals surface area contributed by atoms with Gasteiger partial charge in [-0.05, 0) is 67.2 Å². The number of fused-ring (bicyclic) bond motifs is 2. The molecule has 5 rings (SSSR count). The van der Waals surface area contributed by atoms with Gasteiger partial charge in [-0.25, -0.2) is 0 Å². The van der Waals surface area contributed by atoms with Gasteiger partial charge in [-0.3, -0.25) is 14.6 Å². The van der Waals surface area contributed by atoms with Crippen LogP contribution in [0.15, 0.2) is 35.3 Å². The van der Waals surface area contributed by atoms with E-state index in [4.69, 9.17) is 17.3 Å². The van der Waals surface area contributed by atoms with Crippen molar-refractivity contribution in [1.29, 1.82) is 0 Å². The largest absolute Gasteiger partial charge is 0.364 e. The van der Waals surface area contributed by atoms with E-state index in [1.165, 1.54) is 37.1 Å². The highest BCUT2D eigenvalue weighted by molar-refractivity contribution is 6.31. The number of nitrogens with zero attached hydrogens (tertiary/aromatic N) is 1. The number of primary amides is 1. The molecular formula is C22H20ClN3O2. The van der Waals surface area contributed by atoms with E-state index in [0.29, 0.717) is 17.1 Å². The van der Waals surface area contributed by atoms with Gasteiger partial charge >= 0.3 is 0 Å². The van der Waals surface area contributed by atoms with Crippen molar-refractivity contribution >= 4 is 28.4 Å². The second-order valence-electron chi connectivity index (χ2n) is 8.11. The fraction of sp³-hybridized carbons (Fsp3) is 0.318. The van der Waals surface area contributed by atoms with Crippen LogP contribution in [0.25, 0.3) is 22.2 Å². The number of halogens is 1. The lowest BCUT2D eigenvalue weighted by Crippen LogP contribution is -2.17. The maximum Gasteiger partial charge on any atom is 0.268 e. The molecule has 0 spiro atoms. The van der Waals surface area contributed by atoms with Crippen LogP contribution in [0, 0.1) is 18.8 Å². The number of hydrogen-bond donors (Lipinski definition) is 2. The number of carbonyl (C=O) groups is 1. The Morgan fingerprint density at radius 2 is 1.96 bits per heavy atom. The zero-order chi connectivity index (χ0) is 19.6. The Bertz CT molecular complexity index is 1190. The van der Waals surface area contributed by atoms with Gasteiger partial charge in [0.25, 0.3) is 5.91 Å². The molecule has 3 aromatic rings. The number of aromatic nitrogens is 2. The van der Waals surface area contributed by atoms with Crippen LogP contribution in [-0.2, 0) is 0 Å². The second-order valence-corrected chi connectivity index (χ2v) is 8.51. The van der Waals surface area contributed by atoms with Gasteiger partial charge in [0, 0.05) is 22.8 Å². The summed E-state index contributed by atoms with van der Waals surface area (Å²) < 4.78 is 0. The fourth-order valence-electron chi connectivity index (χ4n) is 4.81. The number of benzene rings is 1. The summed E-state index contributed by atoms with van der Waals surface area (Å²) in [6.07, 6.45) is 5.32. The molecule has 0 saturated heterocycles. The first-order valence-electron chi connectivity index (χ1n) is 9.54. The first-order valence-corrected chi connectivity index (χ1v) is 9.92. The van der Waals surface area contributed by atoms with Crippen molar-refractivity contribution in [1.82, 2.24) is 9.97 Å². The third-order valence-corrected chi connectivity index (χ3v) is 6.62.